The van der Waals surface area contributed by atoms with E-state index in [9.17, 15) is 0 Å². The monoisotopic (exact) mass is 424 g/mol. The molecule has 1 aromatic carbocycles. The predicted octanol–water partition coefficient (Wildman–Crippen LogP) is 4.91. The molecule has 3 heterocycles. The van der Waals surface area contributed by atoms with Crippen molar-refractivity contribution < 1.29 is 9.13 Å². The van der Waals surface area contributed by atoms with Crippen LogP contribution in [0.1, 0.15) is 6.92 Å². The largest absolute Gasteiger partial charge is 0.441 e. The van der Waals surface area contributed by atoms with Crippen molar-refractivity contribution in [3.05, 3.63) is 65.8 Å². The van der Waals surface area contributed by atoms with E-state index in [1.165, 1.54) is 6.33 Å². The first-order chi connectivity index (χ1) is 14.4. The van der Waals surface area contributed by atoms with Crippen LogP contribution in [0.15, 0.2) is 54.8 Å². The third-order valence-electron chi connectivity index (χ3n) is 4.22. The van der Waals surface area contributed by atoms with E-state index in [-0.39, 0.29) is 16.7 Å². The molecule has 0 atom stereocenters. The van der Waals surface area contributed by atoms with Crippen LogP contribution in [0.3, 0.4) is 0 Å². The van der Waals surface area contributed by atoms with E-state index in [4.69, 9.17) is 16.3 Å². The van der Waals surface area contributed by atoms with Crippen molar-refractivity contribution in [2.75, 3.05) is 19.4 Å². The maximum atomic E-state index is 15.0. The molecule has 1 N–H and O–H groups in total. The van der Waals surface area contributed by atoms with Crippen molar-refractivity contribution in [2.45, 2.75) is 6.92 Å². The number of nitrogens with zero attached hydrogens (tertiary/aromatic N) is 5. The summed E-state index contributed by atoms with van der Waals surface area (Å²) >= 11 is 6.15. The standard InChI is InChI=1S/C21H18ClFN6O/c1-12(10-29(2)3)30-21-18-16(9-17(22)28-21)25-11-26-20(18)27-15-7-6-14-13(19(15)23)5-4-8-24-14/h4-11H,1-3H3,(H,25,26,27)/b12-10+. The molecule has 152 valence electrons. The van der Waals surface area contributed by atoms with Crippen molar-refractivity contribution in [3.8, 4) is 5.88 Å². The summed E-state index contributed by atoms with van der Waals surface area (Å²) in [6.07, 6.45) is 4.78. The minimum absolute atomic E-state index is 0.221. The molecule has 0 amide bonds. The van der Waals surface area contributed by atoms with Crippen LogP contribution in [-0.2, 0) is 0 Å². The first kappa shape index (κ1) is 19.8. The van der Waals surface area contributed by atoms with Gasteiger partial charge in [0.15, 0.2) is 5.82 Å². The first-order valence-corrected chi connectivity index (χ1v) is 9.44. The number of nitrogens with one attached hydrogen (secondary N) is 1. The van der Waals surface area contributed by atoms with Crippen molar-refractivity contribution >= 4 is 44.9 Å². The van der Waals surface area contributed by atoms with Crippen LogP contribution < -0.4 is 10.1 Å². The lowest BCUT2D eigenvalue weighted by Crippen LogP contribution is -2.06. The summed E-state index contributed by atoms with van der Waals surface area (Å²) in [5.41, 5.74) is 1.33. The fourth-order valence-corrected chi connectivity index (χ4v) is 3.25. The molecule has 0 spiro atoms. The molecule has 7 nitrogen and oxygen atoms in total. The van der Waals surface area contributed by atoms with E-state index < -0.39 is 5.82 Å². The van der Waals surface area contributed by atoms with Gasteiger partial charge in [-0.3, -0.25) is 4.98 Å². The molecule has 0 fully saturated rings. The normalized spacial score (nSPS) is 11.7. The van der Waals surface area contributed by atoms with Crippen LogP contribution in [-0.4, -0.2) is 38.9 Å². The predicted molar refractivity (Wildman–Crippen MR) is 115 cm³/mol. The molecule has 4 aromatic rings. The van der Waals surface area contributed by atoms with Gasteiger partial charge in [-0.2, -0.15) is 0 Å². The molecule has 0 aliphatic rings. The number of aromatic nitrogens is 4. The maximum absolute atomic E-state index is 15.0. The molecule has 4 rings (SSSR count). The van der Waals surface area contributed by atoms with Crippen molar-refractivity contribution in [2.24, 2.45) is 0 Å². The number of pyridine rings is 2. The molecule has 0 bridgehead atoms. The molecule has 0 aliphatic heterocycles. The molecule has 0 radical (unpaired) electrons. The average molecular weight is 425 g/mol. The second kappa shape index (κ2) is 8.08. The molecule has 3 aromatic heterocycles. The summed E-state index contributed by atoms with van der Waals surface area (Å²) < 4.78 is 20.9. The van der Waals surface area contributed by atoms with Crippen LogP contribution in [0.4, 0.5) is 15.9 Å². The summed E-state index contributed by atoms with van der Waals surface area (Å²) in [5.74, 6) is 0.729. The van der Waals surface area contributed by atoms with Crippen LogP contribution in [0.25, 0.3) is 21.8 Å². The Balaban J connectivity index is 1.83. The summed E-state index contributed by atoms with van der Waals surface area (Å²) in [5, 5.41) is 4.15. The second-order valence-electron chi connectivity index (χ2n) is 6.79. The van der Waals surface area contributed by atoms with Crippen molar-refractivity contribution in [1.29, 1.82) is 0 Å². The molecule has 0 unspecified atom stereocenters. The Kier molecular flexibility index (Phi) is 5.33. The Morgan fingerprint density at radius 2 is 2.00 bits per heavy atom. The van der Waals surface area contributed by atoms with Gasteiger partial charge in [-0.1, -0.05) is 11.6 Å². The number of halogens is 2. The fraction of sp³-hybridized carbons (Fsp3) is 0.143. The van der Waals surface area contributed by atoms with Gasteiger partial charge in [0.25, 0.3) is 0 Å². The van der Waals surface area contributed by atoms with Gasteiger partial charge in [0.05, 0.1) is 16.7 Å². The van der Waals surface area contributed by atoms with Gasteiger partial charge in [-0.05, 0) is 31.2 Å². The molecule has 30 heavy (non-hydrogen) atoms. The van der Waals surface area contributed by atoms with E-state index in [2.05, 4.69) is 25.3 Å². The Bertz CT molecular complexity index is 1280. The minimum Gasteiger partial charge on any atom is -0.441 e. The SMILES string of the molecule is C/C(=C\N(C)C)Oc1nc(Cl)cc2ncnc(Nc3ccc4ncccc4c3F)c12. The molecule has 9 heteroatoms. The lowest BCUT2D eigenvalue weighted by atomic mass is 10.2. The van der Waals surface area contributed by atoms with Crippen molar-refractivity contribution in [3.63, 3.8) is 0 Å². The first-order valence-electron chi connectivity index (χ1n) is 9.06. The van der Waals surface area contributed by atoms with Crippen LogP contribution in [0.2, 0.25) is 5.15 Å². The highest BCUT2D eigenvalue weighted by atomic mass is 35.5. The van der Waals surface area contributed by atoms with E-state index in [1.54, 1.807) is 49.7 Å². The summed E-state index contributed by atoms with van der Waals surface area (Å²) in [6, 6.07) is 8.31. The van der Waals surface area contributed by atoms with Crippen molar-refractivity contribution in [1.82, 2.24) is 24.8 Å². The third-order valence-corrected chi connectivity index (χ3v) is 4.42. The lowest BCUT2D eigenvalue weighted by molar-refractivity contribution is 0.395. The van der Waals surface area contributed by atoms with E-state index >= 15 is 4.39 Å². The van der Waals surface area contributed by atoms with Gasteiger partial charge in [0.1, 0.15) is 28.4 Å². The van der Waals surface area contributed by atoms with Gasteiger partial charge in [0.2, 0.25) is 5.88 Å². The zero-order valence-corrected chi connectivity index (χ0v) is 17.3. The number of rotatable bonds is 5. The van der Waals surface area contributed by atoms with Crippen LogP contribution in [0, 0.1) is 5.82 Å². The van der Waals surface area contributed by atoms with Crippen LogP contribution in [0.5, 0.6) is 5.88 Å². The number of hydrogen-bond acceptors (Lipinski definition) is 7. The third kappa shape index (κ3) is 3.95. The highest BCUT2D eigenvalue weighted by Gasteiger charge is 2.16. The average Bonchev–Trinajstić information content (AvgIpc) is 2.69. The number of allylic oxidation sites excluding steroid dienone is 1. The lowest BCUT2D eigenvalue weighted by Gasteiger charge is -2.14. The molecule has 0 saturated carbocycles. The Morgan fingerprint density at radius 1 is 1.17 bits per heavy atom. The highest BCUT2D eigenvalue weighted by molar-refractivity contribution is 6.30. The summed E-state index contributed by atoms with van der Waals surface area (Å²) in [6.45, 7) is 1.79. The number of hydrogen-bond donors (Lipinski definition) is 1. The number of anilines is 2. The number of fused-ring (bicyclic) bond motifs is 2. The fourth-order valence-electron chi connectivity index (χ4n) is 3.07. The van der Waals surface area contributed by atoms with Gasteiger partial charge in [-0.15, -0.1) is 0 Å². The molecule has 0 saturated heterocycles. The maximum Gasteiger partial charge on any atom is 0.233 e. The number of benzene rings is 1. The van der Waals surface area contributed by atoms with Gasteiger partial charge >= 0.3 is 0 Å². The van der Waals surface area contributed by atoms with E-state index in [1.807, 2.05) is 19.0 Å². The highest BCUT2D eigenvalue weighted by Crippen LogP contribution is 2.34. The van der Waals surface area contributed by atoms with Gasteiger partial charge < -0.3 is 15.0 Å². The quantitative estimate of drug-likeness (QED) is 0.360. The van der Waals surface area contributed by atoms with Gasteiger partial charge in [-0.25, -0.2) is 19.3 Å². The van der Waals surface area contributed by atoms with E-state index in [0.29, 0.717) is 33.4 Å². The van der Waals surface area contributed by atoms with Crippen LogP contribution >= 0.6 is 11.6 Å². The number of ether oxygens (including phenoxy) is 1. The molecular formula is C21H18ClFN6O. The smallest absolute Gasteiger partial charge is 0.233 e. The Labute approximate surface area is 177 Å². The Morgan fingerprint density at radius 3 is 2.80 bits per heavy atom. The molecular weight excluding hydrogens is 407 g/mol. The van der Waals surface area contributed by atoms with E-state index in [0.717, 1.165) is 0 Å². The summed E-state index contributed by atoms with van der Waals surface area (Å²) in [4.78, 5) is 18.8. The second-order valence-corrected chi connectivity index (χ2v) is 7.18. The zero-order chi connectivity index (χ0) is 21.3. The summed E-state index contributed by atoms with van der Waals surface area (Å²) in [7, 11) is 3.76. The van der Waals surface area contributed by atoms with Gasteiger partial charge in [0, 0.05) is 37.9 Å². The zero-order valence-electron chi connectivity index (χ0n) is 16.5. The topological polar surface area (TPSA) is 76.1 Å². The minimum atomic E-state index is -0.430. The molecule has 0 aliphatic carbocycles. The Hall–Kier alpha value is -3.52.